The summed E-state index contributed by atoms with van der Waals surface area (Å²) in [7, 11) is 1.69. The molecule has 1 aromatic carbocycles. The number of anilines is 2. The topological polar surface area (TPSA) is 76.3 Å². The van der Waals surface area contributed by atoms with Gasteiger partial charge >= 0.3 is 0 Å². The van der Waals surface area contributed by atoms with Crippen LogP contribution in [0.5, 0.6) is 5.75 Å². The van der Waals surface area contributed by atoms with E-state index in [0.29, 0.717) is 22.6 Å². The van der Waals surface area contributed by atoms with Gasteiger partial charge in [-0.1, -0.05) is 23.7 Å². The van der Waals surface area contributed by atoms with Crippen LogP contribution in [0.15, 0.2) is 30.6 Å². The van der Waals surface area contributed by atoms with Crippen LogP contribution in [-0.4, -0.2) is 41.6 Å². The summed E-state index contributed by atoms with van der Waals surface area (Å²) < 4.78 is 5.21. The molecule has 3 rings (SSSR count). The van der Waals surface area contributed by atoms with Gasteiger partial charge in [-0.25, -0.2) is 9.97 Å². The number of rotatable bonds is 6. The summed E-state index contributed by atoms with van der Waals surface area (Å²) in [5.74, 6) is 2.44. The SMILES string of the molecule is COc1ccc(CN2CCC(CNc3ncnc(N)c3Cl)CC2)cc1. The second-order valence-corrected chi connectivity index (χ2v) is 6.75. The van der Waals surface area contributed by atoms with Gasteiger partial charge in [0.05, 0.1) is 7.11 Å². The number of aromatic nitrogens is 2. The molecule has 0 aliphatic carbocycles. The highest BCUT2D eigenvalue weighted by molar-refractivity contribution is 6.35. The van der Waals surface area contributed by atoms with Crippen LogP contribution in [0, 0.1) is 5.92 Å². The van der Waals surface area contributed by atoms with Crippen LogP contribution >= 0.6 is 11.6 Å². The second kappa shape index (κ2) is 8.36. The first-order valence-electron chi connectivity index (χ1n) is 8.51. The Morgan fingerprint density at radius 3 is 2.64 bits per heavy atom. The van der Waals surface area contributed by atoms with E-state index in [2.05, 4.69) is 32.3 Å². The van der Waals surface area contributed by atoms with Crippen LogP contribution < -0.4 is 15.8 Å². The van der Waals surface area contributed by atoms with Crippen molar-refractivity contribution in [2.24, 2.45) is 5.92 Å². The van der Waals surface area contributed by atoms with Crippen molar-refractivity contribution in [1.29, 1.82) is 0 Å². The van der Waals surface area contributed by atoms with Crippen molar-refractivity contribution in [2.45, 2.75) is 19.4 Å². The quantitative estimate of drug-likeness (QED) is 0.823. The summed E-state index contributed by atoms with van der Waals surface area (Å²) in [6.45, 7) is 4.03. The zero-order chi connectivity index (χ0) is 17.6. The lowest BCUT2D eigenvalue weighted by atomic mass is 9.96. The van der Waals surface area contributed by atoms with Crippen molar-refractivity contribution < 1.29 is 4.74 Å². The summed E-state index contributed by atoms with van der Waals surface area (Å²) in [6, 6.07) is 8.30. The van der Waals surface area contributed by atoms with E-state index < -0.39 is 0 Å². The van der Waals surface area contributed by atoms with Gasteiger partial charge in [0.25, 0.3) is 0 Å². The van der Waals surface area contributed by atoms with Crippen molar-refractivity contribution in [3.63, 3.8) is 0 Å². The molecule has 134 valence electrons. The van der Waals surface area contributed by atoms with Gasteiger partial charge in [0.1, 0.15) is 28.7 Å². The van der Waals surface area contributed by atoms with E-state index >= 15 is 0 Å². The summed E-state index contributed by atoms with van der Waals surface area (Å²) in [5.41, 5.74) is 7.02. The summed E-state index contributed by atoms with van der Waals surface area (Å²) in [5, 5.41) is 3.71. The highest BCUT2D eigenvalue weighted by Crippen LogP contribution is 2.25. The summed E-state index contributed by atoms with van der Waals surface area (Å²) >= 11 is 6.12. The molecule has 7 heteroatoms. The molecule has 1 saturated heterocycles. The normalized spacial score (nSPS) is 15.9. The number of nitrogen functional groups attached to an aromatic ring is 1. The number of benzene rings is 1. The fourth-order valence-corrected chi connectivity index (χ4v) is 3.25. The Morgan fingerprint density at radius 1 is 1.24 bits per heavy atom. The number of halogens is 1. The van der Waals surface area contributed by atoms with Gasteiger partial charge in [-0.05, 0) is 49.5 Å². The van der Waals surface area contributed by atoms with E-state index in [1.807, 2.05) is 12.1 Å². The molecule has 0 amide bonds. The third-order valence-electron chi connectivity index (χ3n) is 4.65. The minimum absolute atomic E-state index is 0.313. The fourth-order valence-electron chi connectivity index (χ4n) is 3.09. The zero-order valence-corrected chi connectivity index (χ0v) is 15.2. The molecule has 0 atom stereocenters. The average molecular weight is 362 g/mol. The molecule has 1 aromatic heterocycles. The predicted octanol–water partition coefficient (Wildman–Crippen LogP) is 3.04. The number of hydrogen-bond donors (Lipinski definition) is 2. The van der Waals surface area contributed by atoms with Crippen molar-refractivity contribution in [2.75, 3.05) is 37.8 Å². The van der Waals surface area contributed by atoms with E-state index in [4.69, 9.17) is 22.1 Å². The first kappa shape index (κ1) is 17.8. The van der Waals surface area contributed by atoms with Crippen LogP contribution in [0.2, 0.25) is 5.02 Å². The highest BCUT2D eigenvalue weighted by atomic mass is 35.5. The largest absolute Gasteiger partial charge is 0.497 e. The van der Waals surface area contributed by atoms with Gasteiger partial charge in [0.15, 0.2) is 0 Å². The third-order valence-corrected chi connectivity index (χ3v) is 5.02. The Hall–Kier alpha value is -2.05. The smallest absolute Gasteiger partial charge is 0.150 e. The molecule has 0 spiro atoms. The highest BCUT2D eigenvalue weighted by Gasteiger charge is 2.19. The Balaban J connectivity index is 1.44. The molecule has 3 N–H and O–H groups in total. The zero-order valence-electron chi connectivity index (χ0n) is 14.4. The first-order valence-corrected chi connectivity index (χ1v) is 8.88. The maximum absolute atomic E-state index is 6.12. The third kappa shape index (κ3) is 4.74. The Bertz CT molecular complexity index is 686. The van der Waals surface area contributed by atoms with E-state index in [1.54, 1.807) is 7.11 Å². The summed E-state index contributed by atoms with van der Waals surface area (Å²) in [6.07, 6.45) is 3.74. The van der Waals surface area contributed by atoms with Crippen molar-refractivity contribution in [3.05, 3.63) is 41.2 Å². The summed E-state index contributed by atoms with van der Waals surface area (Å²) in [4.78, 5) is 10.5. The van der Waals surface area contributed by atoms with Crippen molar-refractivity contribution in [1.82, 2.24) is 14.9 Å². The van der Waals surface area contributed by atoms with Gasteiger partial charge in [-0.15, -0.1) is 0 Å². The Morgan fingerprint density at radius 2 is 1.96 bits per heavy atom. The lowest BCUT2D eigenvalue weighted by Gasteiger charge is -2.32. The number of hydrogen-bond acceptors (Lipinski definition) is 6. The fraction of sp³-hybridized carbons (Fsp3) is 0.444. The molecule has 2 aromatic rings. The lowest BCUT2D eigenvalue weighted by molar-refractivity contribution is 0.182. The van der Waals surface area contributed by atoms with Crippen LogP contribution in [-0.2, 0) is 6.54 Å². The number of ether oxygens (including phenoxy) is 1. The molecule has 2 heterocycles. The number of nitrogens with zero attached hydrogens (tertiary/aromatic N) is 3. The minimum Gasteiger partial charge on any atom is -0.497 e. The average Bonchev–Trinajstić information content (AvgIpc) is 2.65. The monoisotopic (exact) mass is 361 g/mol. The molecule has 0 saturated carbocycles. The maximum Gasteiger partial charge on any atom is 0.150 e. The van der Waals surface area contributed by atoms with Gasteiger partial charge < -0.3 is 15.8 Å². The number of methoxy groups -OCH3 is 1. The number of likely N-dealkylation sites (tertiary alicyclic amines) is 1. The first-order chi connectivity index (χ1) is 12.2. The molecular weight excluding hydrogens is 338 g/mol. The van der Waals surface area contributed by atoms with E-state index in [-0.39, 0.29) is 0 Å². The molecule has 0 unspecified atom stereocenters. The van der Waals surface area contributed by atoms with Gasteiger partial charge in [-0.3, -0.25) is 4.90 Å². The molecule has 25 heavy (non-hydrogen) atoms. The molecule has 1 fully saturated rings. The van der Waals surface area contributed by atoms with Crippen LogP contribution in [0.25, 0.3) is 0 Å². The number of nitrogens with two attached hydrogens (primary N) is 1. The van der Waals surface area contributed by atoms with Crippen molar-refractivity contribution in [3.8, 4) is 5.75 Å². The van der Waals surface area contributed by atoms with Gasteiger partial charge in [-0.2, -0.15) is 0 Å². The molecule has 6 nitrogen and oxygen atoms in total. The van der Waals surface area contributed by atoms with E-state index in [9.17, 15) is 0 Å². The molecule has 0 bridgehead atoms. The molecule has 0 radical (unpaired) electrons. The number of piperidine rings is 1. The second-order valence-electron chi connectivity index (χ2n) is 6.37. The Kier molecular flexibility index (Phi) is 5.94. The maximum atomic E-state index is 6.12. The van der Waals surface area contributed by atoms with E-state index in [0.717, 1.165) is 44.8 Å². The number of nitrogens with one attached hydrogen (secondary N) is 1. The molecular formula is C18H24ClN5O. The standard InChI is InChI=1S/C18H24ClN5O/c1-25-15-4-2-14(3-5-15)11-24-8-6-13(7-9-24)10-21-18-16(19)17(20)22-12-23-18/h2-5,12-13H,6-11H2,1H3,(H3,20,21,22,23). The molecule has 1 aliphatic heterocycles. The van der Waals surface area contributed by atoms with Crippen LogP contribution in [0.1, 0.15) is 18.4 Å². The van der Waals surface area contributed by atoms with E-state index in [1.165, 1.54) is 11.9 Å². The van der Waals surface area contributed by atoms with Crippen LogP contribution in [0.4, 0.5) is 11.6 Å². The lowest BCUT2D eigenvalue weighted by Crippen LogP contribution is -2.35. The predicted molar refractivity (Wildman–Crippen MR) is 101 cm³/mol. The minimum atomic E-state index is 0.313. The molecule has 1 aliphatic rings. The van der Waals surface area contributed by atoms with Gasteiger partial charge in [0.2, 0.25) is 0 Å². The van der Waals surface area contributed by atoms with Crippen LogP contribution in [0.3, 0.4) is 0 Å². The van der Waals surface area contributed by atoms with Crippen molar-refractivity contribution >= 4 is 23.2 Å². The Labute approximate surface area is 153 Å². The van der Waals surface area contributed by atoms with Gasteiger partial charge in [0, 0.05) is 13.1 Å².